The van der Waals surface area contributed by atoms with Crippen molar-refractivity contribution in [2.24, 2.45) is 11.8 Å². The summed E-state index contributed by atoms with van der Waals surface area (Å²) in [5.74, 6) is 1.55. The second kappa shape index (κ2) is 14.5. The number of hydrogen-bond acceptors (Lipinski definition) is 5. The third-order valence-corrected chi connectivity index (χ3v) is 13.0. The first-order valence-electron chi connectivity index (χ1n) is 16.9. The lowest BCUT2D eigenvalue weighted by molar-refractivity contribution is 0.264. The lowest BCUT2D eigenvalue weighted by Gasteiger charge is -2.38. The summed E-state index contributed by atoms with van der Waals surface area (Å²) in [6.45, 7) is 14.0. The molecule has 0 saturated carbocycles. The molecule has 5 heteroatoms. The molecule has 0 saturated heterocycles. The van der Waals surface area contributed by atoms with Gasteiger partial charge in [-0.05, 0) is 67.3 Å². The molecule has 228 valence electrons. The Morgan fingerprint density at radius 1 is 0.690 bits per heavy atom. The number of thiophene rings is 2. The Hall–Kier alpha value is -1.56. The van der Waals surface area contributed by atoms with Crippen LogP contribution in [0.5, 0.6) is 0 Å². The first kappa shape index (κ1) is 31.9. The molecule has 3 aromatic heterocycles. The molecule has 42 heavy (non-hydrogen) atoms. The van der Waals surface area contributed by atoms with Gasteiger partial charge in [-0.3, -0.25) is 0 Å². The van der Waals surface area contributed by atoms with E-state index in [1.165, 1.54) is 123 Å². The molecule has 0 N–H and O–H groups in total. The predicted octanol–water partition coefficient (Wildman–Crippen LogP) is 13.1. The quantitative estimate of drug-likeness (QED) is 0.110. The van der Waals surface area contributed by atoms with E-state index in [9.17, 15) is 0 Å². The van der Waals surface area contributed by atoms with Gasteiger partial charge in [-0.2, -0.15) is 8.75 Å². The fourth-order valence-electron chi connectivity index (χ4n) is 7.55. The molecule has 0 radical (unpaired) electrons. The van der Waals surface area contributed by atoms with Gasteiger partial charge in [0.1, 0.15) is 11.0 Å². The minimum Gasteiger partial charge on any atom is -0.173 e. The molecule has 5 rings (SSSR count). The van der Waals surface area contributed by atoms with E-state index in [-0.39, 0.29) is 5.41 Å². The normalized spacial score (nSPS) is 17.6. The van der Waals surface area contributed by atoms with Gasteiger partial charge in [0.25, 0.3) is 0 Å². The minimum atomic E-state index is 0.130. The van der Waals surface area contributed by atoms with Gasteiger partial charge in [-0.1, -0.05) is 117 Å². The Balaban J connectivity index is 1.59. The standard InChI is InChI=1S/C37H52N2S3/c1-7-11-13-15-17-27(9-3)23-37(24-28(10-4)18-16-14-12-8-2)30-21-26(6)40-35(30)36-31(37)22-32(41-36)29-20-19-25(5)33-34(29)39-42-38-33/h19-22,27-28H,7-18,23-24H2,1-6H3. The molecule has 1 aromatic carbocycles. The topological polar surface area (TPSA) is 25.8 Å². The minimum absolute atomic E-state index is 0.130. The highest BCUT2D eigenvalue weighted by atomic mass is 32.1. The molecule has 0 bridgehead atoms. The summed E-state index contributed by atoms with van der Waals surface area (Å²) in [7, 11) is 0. The van der Waals surface area contributed by atoms with Gasteiger partial charge in [0, 0.05) is 30.5 Å². The molecule has 2 nitrogen and oxygen atoms in total. The summed E-state index contributed by atoms with van der Waals surface area (Å²) < 4.78 is 9.44. The second-order valence-corrected chi connectivity index (χ2v) is 15.9. The molecule has 2 atom stereocenters. The van der Waals surface area contributed by atoms with Crippen LogP contribution >= 0.6 is 34.4 Å². The van der Waals surface area contributed by atoms with E-state index in [0.29, 0.717) is 0 Å². The molecular weight excluding hydrogens is 569 g/mol. The summed E-state index contributed by atoms with van der Waals surface area (Å²) in [6, 6.07) is 9.74. The maximum absolute atomic E-state index is 4.78. The van der Waals surface area contributed by atoms with Crippen LogP contribution < -0.4 is 0 Å². The van der Waals surface area contributed by atoms with E-state index < -0.39 is 0 Å². The van der Waals surface area contributed by atoms with Gasteiger partial charge in [0.05, 0.1) is 11.7 Å². The largest absolute Gasteiger partial charge is 0.173 e. The van der Waals surface area contributed by atoms with Crippen molar-refractivity contribution in [3.8, 4) is 20.2 Å². The van der Waals surface area contributed by atoms with Crippen LogP contribution in [0, 0.1) is 25.7 Å². The van der Waals surface area contributed by atoms with E-state index in [2.05, 4.69) is 70.2 Å². The van der Waals surface area contributed by atoms with Crippen LogP contribution in [0.25, 0.3) is 31.2 Å². The van der Waals surface area contributed by atoms with Crippen molar-refractivity contribution in [1.82, 2.24) is 8.75 Å². The first-order valence-corrected chi connectivity index (χ1v) is 19.3. The van der Waals surface area contributed by atoms with E-state index in [1.807, 2.05) is 22.7 Å². The Morgan fingerprint density at radius 2 is 1.29 bits per heavy atom. The number of aromatic nitrogens is 2. The van der Waals surface area contributed by atoms with E-state index in [1.54, 1.807) is 20.9 Å². The Labute approximate surface area is 267 Å². The van der Waals surface area contributed by atoms with Crippen molar-refractivity contribution < 1.29 is 0 Å². The van der Waals surface area contributed by atoms with Crippen molar-refractivity contribution in [1.29, 1.82) is 0 Å². The number of fused-ring (bicyclic) bond motifs is 4. The molecule has 1 aliphatic carbocycles. The van der Waals surface area contributed by atoms with Gasteiger partial charge >= 0.3 is 0 Å². The van der Waals surface area contributed by atoms with Crippen LogP contribution in [0.3, 0.4) is 0 Å². The van der Waals surface area contributed by atoms with Gasteiger partial charge < -0.3 is 0 Å². The maximum Gasteiger partial charge on any atom is 0.113 e. The zero-order valence-corrected chi connectivity index (χ0v) is 29.4. The summed E-state index contributed by atoms with van der Waals surface area (Å²) in [5, 5.41) is 0. The monoisotopic (exact) mass is 620 g/mol. The molecule has 0 fully saturated rings. The number of aryl methyl sites for hydroxylation is 2. The van der Waals surface area contributed by atoms with Crippen LogP contribution in [0.4, 0.5) is 0 Å². The Bertz CT molecular complexity index is 1420. The van der Waals surface area contributed by atoms with Crippen molar-refractivity contribution >= 4 is 45.4 Å². The van der Waals surface area contributed by atoms with Crippen molar-refractivity contribution in [2.45, 2.75) is 137 Å². The number of nitrogens with zero attached hydrogens (tertiary/aromatic N) is 2. The summed E-state index contributed by atoms with van der Waals surface area (Å²) in [5.41, 5.74) is 8.08. The maximum atomic E-state index is 4.78. The van der Waals surface area contributed by atoms with Crippen LogP contribution in [-0.2, 0) is 5.41 Å². The zero-order valence-electron chi connectivity index (χ0n) is 27.0. The lowest BCUT2D eigenvalue weighted by atomic mass is 9.65. The molecule has 4 aromatic rings. The fourth-order valence-corrected chi connectivity index (χ4v) is 10.7. The third kappa shape index (κ3) is 6.44. The van der Waals surface area contributed by atoms with E-state index in [4.69, 9.17) is 4.37 Å². The molecule has 2 unspecified atom stereocenters. The SMILES string of the molecule is CCCCCCC(CC)CC1(CC(CC)CCCCCC)c2cc(C)sc2-c2sc(-c3ccc(C)c4nsnc34)cc21. The lowest BCUT2D eigenvalue weighted by Crippen LogP contribution is -2.31. The summed E-state index contributed by atoms with van der Waals surface area (Å²) in [4.78, 5) is 5.97. The van der Waals surface area contributed by atoms with Gasteiger partial charge in [0.15, 0.2) is 0 Å². The number of rotatable bonds is 17. The smallest absolute Gasteiger partial charge is 0.113 e. The fraction of sp³-hybridized carbons (Fsp3) is 0.622. The van der Waals surface area contributed by atoms with Crippen molar-refractivity contribution in [3.63, 3.8) is 0 Å². The molecule has 0 aliphatic heterocycles. The van der Waals surface area contributed by atoms with Crippen molar-refractivity contribution in [3.05, 3.63) is 45.8 Å². The second-order valence-electron chi connectivity index (χ2n) is 13.1. The molecular formula is C37H52N2S3. The summed E-state index contributed by atoms with van der Waals surface area (Å²) >= 11 is 5.41. The van der Waals surface area contributed by atoms with E-state index >= 15 is 0 Å². The number of benzene rings is 1. The molecule has 1 aliphatic rings. The first-order chi connectivity index (χ1) is 20.4. The molecule has 3 heterocycles. The highest BCUT2D eigenvalue weighted by Crippen LogP contribution is 2.62. The average Bonchev–Trinajstić information content (AvgIpc) is 3.77. The highest BCUT2D eigenvalue weighted by Gasteiger charge is 2.47. The third-order valence-electron chi connectivity index (χ3n) is 10.1. The van der Waals surface area contributed by atoms with Crippen LogP contribution in [0.15, 0.2) is 24.3 Å². The predicted molar refractivity (Wildman–Crippen MR) is 189 cm³/mol. The molecule has 0 spiro atoms. The summed E-state index contributed by atoms with van der Waals surface area (Å²) in [6.07, 6.45) is 18.8. The number of unbranched alkanes of at least 4 members (excludes halogenated alkanes) is 6. The van der Waals surface area contributed by atoms with Crippen molar-refractivity contribution in [2.75, 3.05) is 0 Å². The zero-order chi connectivity index (χ0) is 29.7. The van der Waals surface area contributed by atoms with Gasteiger partial charge in [-0.15, -0.1) is 22.7 Å². The van der Waals surface area contributed by atoms with Gasteiger partial charge in [-0.25, -0.2) is 0 Å². The Morgan fingerprint density at radius 3 is 1.90 bits per heavy atom. The van der Waals surface area contributed by atoms with Crippen LogP contribution in [0.2, 0.25) is 0 Å². The molecule has 0 amide bonds. The van der Waals surface area contributed by atoms with Crippen LogP contribution in [0.1, 0.15) is 139 Å². The van der Waals surface area contributed by atoms with Crippen LogP contribution in [-0.4, -0.2) is 8.75 Å². The Kier molecular flexibility index (Phi) is 11.0. The number of hydrogen-bond donors (Lipinski definition) is 0. The average molecular weight is 621 g/mol. The highest BCUT2D eigenvalue weighted by molar-refractivity contribution is 7.24. The van der Waals surface area contributed by atoms with E-state index in [0.717, 1.165) is 22.9 Å². The van der Waals surface area contributed by atoms with Gasteiger partial charge in [0.2, 0.25) is 0 Å².